The Kier molecular flexibility index (Phi) is 6.27. The van der Waals surface area contributed by atoms with Crippen molar-refractivity contribution in [3.05, 3.63) is 0 Å². The molecular weight excluding hydrogens is 240 g/mol. The van der Waals surface area contributed by atoms with Gasteiger partial charge < -0.3 is 15.8 Å². The lowest BCUT2D eigenvalue weighted by atomic mass is 9.80. The summed E-state index contributed by atoms with van der Waals surface area (Å²) in [5.41, 5.74) is 4.81. The van der Waals surface area contributed by atoms with Crippen molar-refractivity contribution in [3.63, 3.8) is 0 Å². The number of amides is 1. The number of ether oxygens (including phenoxy) is 1. The third-order valence-electron chi connectivity index (χ3n) is 4.62. The number of primary amides is 1. The van der Waals surface area contributed by atoms with Gasteiger partial charge in [-0.05, 0) is 51.0 Å². The fraction of sp³-hybridized carbons (Fsp3) is 0.933. The number of rotatable bonds is 7. The molecule has 0 saturated heterocycles. The van der Waals surface area contributed by atoms with Crippen molar-refractivity contribution in [1.82, 2.24) is 5.32 Å². The van der Waals surface area contributed by atoms with Gasteiger partial charge in [0.15, 0.2) is 0 Å². The Morgan fingerprint density at radius 3 is 2.58 bits per heavy atom. The molecule has 0 aliphatic heterocycles. The van der Waals surface area contributed by atoms with Crippen molar-refractivity contribution in [3.8, 4) is 0 Å². The predicted molar refractivity (Wildman–Crippen MR) is 77.8 cm³/mol. The zero-order chi connectivity index (χ0) is 14.5. The van der Waals surface area contributed by atoms with E-state index in [0.717, 1.165) is 31.2 Å². The molecule has 4 heteroatoms. The van der Waals surface area contributed by atoms with Crippen molar-refractivity contribution in [2.24, 2.45) is 17.6 Å². The molecule has 19 heavy (non-hydrogen) atoms. The quantitative estimate of drug-likeness (QED) is 0.744. The average Bonchev–Trinajstić information content (AvgIpc) is 2.34. The van der Waals surface area contributed by atoms with Gasteiger partial charge >= 0.3 is 0 Å². The number of hydrogen-bond donors (Lipinski definition) is 2. The Bertz CT molecular complexity index is 296. The first-order chi connectivity index (χ1) is 8.89. The minimum atomic E-state index is -0.650. The molecule has 1 amide bonds. The van der Waals surface area contributed by atoms with Crippen LogP contribution in [0.3, 0.4) is 0 Å². The van der Waals surface area contributed by atoms with Gasteiger partial charge in [-0.2, -0.15) is 0 Å². The molecule has 1 aliphatic carbocycles. The summed E-state index contributed by atoms with van der Waals surface area (Å²) in [7, 11) is 0. The zero-order valence-electron chi connectivity index (χ0n) is 12.9. The van der Waals surface area contributed by atoms with E-state index in [1.54, 1.807) is 0 Å². The van der Waals surface area contributed by atoms with Crippen LogP contribution < -0.4 is 11.1 Å². The molecule has 1 aliphatic rings. The Morgan fingerprint density at radius 1 is 1.37 bits per heavy atom. The maximum absolute atomic E-state index is 11.5. The van der Waals surface area contributed by atoms with Crippen LogP contribution in [0.5, 0.6) is 0 Å². The van der Waals surface area contributed by atoms with Gasteiger partial charge in [-0.15, -0.1) is 0 Å². The average molecular weight is 270 g/mol. The number of nitrogens with one attached hydrogen (secondary N) is 1. The van der Waals surface area contributed by atoms with Crippen molar-refractivity contribution >= 4 is 5.91 Å². The third-order valence-corrected chi connectivity index (χ3v) is 4.62. The van der Waals surface area contributed by atoms with Crippen molar-refractivity contribution in [2.75, 3.05) is 13.2 Å². The second-order valence-electron chi connectivity index (χ2n) is 6.24. The van der Waals surface area contributed by atoms with Crippen LogP contribution in [0, 0.1) is 11.8 Å². The van der Waals surface area contributed by atoms with Crippen molar-refractivity contribution in [2.45, 2.75) is 65.0 Å². The molecule has 3 N–H and O–H groups in total. The molecule has 1 fully saturated rings. The third kappa shape index (κ3) is 4.77. The maximum atomic E-state index is 11.5. The molecule has 0 aromatic rings. The highest BCUT2D eigenvalue weighted by Gasteiger charge is 2.30. The molecule has 4 unspecified atom stereocenters. The maximum Gasteiger partial charge on any atom is 0.237 e. The summed E-state index contributed by atoms with van der Waals surface area (Å²) >= 11 is 0. The molecule has 0 heterocycles. The van der Waals surface area contributed by atoms with Gasteiger partial charge in [0.2, 0.25) is 5.91 Å². The van der Waals surface area contributed by atoms with E-state index in [4.69, 9.17) is 10.5 Å². The molecular formula is C15H30N2O2. The van der Waals surface area contributed by atoms with Crippen LogP contribution in [0.1, 0.15) is 53.4 Å². The summed E-state index contributed by atoms with van der Waals surface area (Å²) in [5.74, 6) is 1.23. The van der Waals surface area contributed by atoms with Gasteiger partial charge in [0, 0.05) is 6.61 Å². The Hall–Kier alpha value is -0.610. The number of likely N-dealkylation sites (N-methyl/N-ethyl adjacent to an activating group) is 1. The van der Waals surface area contributed by atoms with E-state index in [1.165, 1.54) is 6.42 Å². The molecule has 4 atom stereocenters. The van der Waals surface area contributed by atoms with Crippen molar-refractivity contribution < 1.29 is 9.53 Å². The van der Waals surface area contributed by atoms with E-state index < -0.39 is 5.54 Å². The summed E-state index contributed by atoms with van der Waals surface area (Å²) in [6.45, 7) is 9.78. The molecule has 4 nitrogen and oxygen atoms in total. The lowest BCUT2D eigenvalue weighted by molar-refractivity contribution is -0.125. The molecule has 0 bridgehead atoms. The highest BCUT2D eigenvalue weighted by atomic mass is 16.5. The Morgan fingerprint density at radius 2 is 2.05 bits per heavy atom. The zero-order valence-corrected chi connectivity index (χ0v) is 12.9. The van der Waals surface area contributed by atoms with E-state index in [-0.39, 0.29) is 5.91 Å². The largest absolute Gasteiger partial charge is 0.378 e. The van der Waals surface area contributed by atoms with Gasteiger partial charge in [0.25, 0.3) is 0 Å². The van der Waals surface area contributed by atoms with Crippen LogP contribution in [-0.4, -0.2) is 30.7 Å². The van der Waals surface area contributed by atoms with Gasteiger partial charge in [-0.1, -0.05) is 20.8 Å². The standard InChI is InChI=1S/C15H30N2O2/c1-5-17-15(4,14(16)18)8-9-19-13-7-6-11(2)12(3)10-13/h11-13,17H,5-10H2,1-4H3,(H2,16,18). The second-order valence-corrected chi connectivity index (χ2v) is 6.24. The first-order valence-corrected chi connectivity index (χ1v) is 7.55. The first kappa shape index (κ1) is 16.4. The smallest absolute Gasteiger partial charge is 0.237 e. The summed E-state index contributed by atoms with van der Waals surface area (Å²) in [4.78, 5) is 11.5. The van der Waals surface area contributed by atoms with Crippen LogP contribution in [0.4, 0.5) is 0 Å². The van der Waals surface area contributed by atoms with Crippen LogP contribution in [-0.2, 0) is 9.53 Å². The van der Waals surface area contributed by atoms with Gasteiger partial charge in [0.05, 0.1) is 11.6 Å². The van der Waals surface area contributed by atoms with Gasteiger partial charge in [-0.25, -0.2) is 0 Å². The normalized spacial score (nSPS) is 30.8. The molecule has 0 aromatic carbocycles. The lowest BCUT2D eigenvalue weighted by Crippen LogP contribution is -2.53. The fourth-order valence-electron chi connectivity index (χ4n) is 2.77. The highest BCUT2D eigenvalue weighted by Crippen LogP contribution is 2.31. The number of hydrogen-bond acceptors (Lipinski definition) is 3. The molecule has 1 rings (SSSR count). The van der Waals surface area contributed by atoms with Crippen LogP contribution >= 0.6 is 0 Å². The molecule has 1 saturated carbocycles. The van der Waals surface area contributed by atoms with Crippen LogP contribution in [0.15, 0.2) is 0 Å². The van der Waals surface area contributed by atoms with Gasteiger partial charge in [-0.3, -0.25) is 4.79 Å². The summed E-state index contributed by atoms with van der Waals surface area (Å²) in [6, 6.07) is 0. The Balaban J connectivity index is 2.34. The van der Waals surface area contributed by atoms with Gasteiger partial charge in [0.1, 0.15) is 0 Å². The monoisotopic (exact) mass is 270 g/mol. The van der Waals surface area contributed by atoms with Crippen LogP contribution in [0.2, 0.25) is 0 Å². The number of carbonyl (C=O) groups is 1. The SMILES string of the molecule is CCNC(C)(CCOC1CCC(C)C(C)C1)C(N)=O. The minimum Gasteiger partial charge on any atom is -0.378 e. The first-order valence-electron chi connectivity index (χ1n) is 7.55. The minimum absolute atomic E-state index is 0.302. The highest BCUT2D eigenvalue weighted by molar-refractivity contribution is 5.84. The summed E-state index contributed by atoms with van der Waals surface area (Å²) < 4.78 is 5.95. The van der Waals surface area contributed by atoms with E-state index in [1.807, 2.05) is 13.8 Å². The molecule has 0 spiro atoms. The van der Waals surface area contributed by atoms with Crippen LogP contribution in [0.25, 0.3) is 0 Å². The predicted octanol–water partition coefficient (Wildman–Crippen LogP) is 2.07. The molecule has 0 aromatic heterocycles. The van der Waals surface area contributed by atoms with E-state index in [9.17, 15) is 4.79 Å². The van der Waals surface area contributed by atoms with Crippen molar-refractivity contribution in [1.29, 1.82) is 0 Å². The molecule has 0 radical (unpaired) electrons. The molecule has 112 valence electrons. The number of nitrogens with two attached hydrogens (primary N) is 1. The summed E-state index contributed by atoms with van der Waals surface area (Å²) in [5, 5.41) is 3.16. The summed E-state index contributed by atoms with van der Waals surface area (Å²) in [6.07, 6.45) is 4.50. The lowest BCUT2D eigenvalue weighted by Gasteiger charge is -2.33. The number of carbonyl (C=O) groups excluding carboxylic acids is 1. The van der Waals surface area contributed by atoms with E-state index in [0.29, 0.717) is 19.1 Å². The van der Waals surface area contributed by atoms with E-state index in [2.05, 4.69) is 19.2 Å². The topological polar surface area (TPSA) is 64.3 Å². The van der Waals surface area contributed by atoms with E-state index >= 15 is 0 Å². The fourth-order valence-corrected chi connectivity index (χ4v) is 2.77. The Labute approximate surface area is 117 Å². The second kappa shape index (κ2) is 7.25.